The Morgan fingerprint density at radius 2 is 2.18 bits per heavy atom. The molecule has 0 aliphatic carbocycles. The summed E-state index contributed by atoms with van der Waals surface area (Å²) in [5, 5.41) is 3.47. The summed E-state index contributed by atoms with van der Waals surface area (Å²) in [7, 11) is 2.19. The van der Waals surface area contributed by atoms with E-state index in [-0.39, 0.29) is 0 Å². The van der Waals surface area contributed by atoms with Crippen molar-refractivity contribution in [2.45, 2.75) is 33.2 Å². The standard InChI is InChI=1S/C14H26N2O/c1-5-12(2)11-16(4)9-8-15-13(3)14-7-6-10-17-14/h6-7,10,12-13,15H,5,8-9,11H2,1-4H3. The van der Waals surface area contributed by atoms with Crippen LogP contribution in [0.25, 0.3) is 0 Å². The molecule has 2 unspecified atom stereocenters. The lowest BCUT2D eigenvalue weighted by Crippen LogP contribution is -2.33. The van der Waals surface area contributed by atoms with Crippen molar-refractivity contribution in [3.05, 3.63) is 24.2 Å². The smallest absolute Gasteiger partial charge is 0.120 e. The second kappa shape index (κ2) is 7.51. The maximum absolute atomic E-state index is 5.36. The lowest BCUT2D eigenvalue weighted by molar-refractivity contribution is 0.276. The molecule has 0 aromatic carbocycles. The molecular weight excluding hydrogens is 212 g/mol. The van der Waals surface area contributed by atoms with Crippen molar-refractivity contribution in [2.75, 3.05) is 26.7 Å². The first-order valence-corrected chi connectivity index (χ1v) is 6.58. The normalized spacial score (nSPS) is 15.1. The Bertz CT molecular complexity index is 284. The van der Waals surface area contributed by atoms with Gasteiger partial charge in [0.15, 0.2) is 0 Å². The Labute approximate surface area is 105 Å². The Hall–Kier alpha value is -0.800. The molecule has 1 N–H and O–H groups in total. The van der Waals surface area contributed by atoms with E-state index in [2.05, 4.69) is 38.0 Å². The van der Waals surface area contributed by atoms with Crippen LogP contribution in [-0.4, -0.2) is 31.6 Å². The van der Waals surface area contributed by atoms with Crippen LogP contribution in [0.5, 0.6) is 0 Å². The summed E-state index contributed by atoms with van der Waals surface area (Å²) in [4.78, 5) is 2.38. The van der Waals surface area contributed by atoms with Crippen LogP contribution in [0.15, 0.2) is 22.8 Å². The second-order valence-electron chi connectivity index (χ2n) is 4.97. The van der Waals surface area contributed by atoms with E-state index in [1.54, 1.807) is 6.26 Å². The highest BCUT2D eigenvalue weighted by Crippen LogP contribution is 2.11. The van der Waals surface area contributed by atoms with Crippen molar-refractivity contribution < 1.29 is 4.42 Å². The highest BCUT2D eigenvalue weighted by atomic mass is 16.3. The lowest BCUT2D eigenvalue weighted by atomic mass is 10.1. The van der Waals surface area contributed by atoms with Gasteiger partial charge in [-0.3, -0.25) is 0 Å². The molecule has 1 heterocycles. The van der Waals surface area contributed by atoms with E-state index in [4.69, 9.17) is 4.42 Å². The van der Waals surface area contributed by atoms with Gasteiger partial charge in [-0.05, 0) is 32.0 Å². The van der Waals surface area contributed by atoms with Gasteiger partial charge in [-0.15, -0.1) is 0 Å². The lowest BCUT2D eigenvalue weighted by Gasteiger charge is -2.21. The number of nitrogens with one attached hydrogen (secondary N) is 1. The predicted octanol–water partition coefficient (Wildman–Crippen LogP) is 2.91. The van der Waals surface area contributed by atoms with Gasteiger partial charge >= 0.3 is 0 Å². The Morgan fingerprint density at radius 1 is 1.41 bits per heavy atom. The zero-order valence-electron chi connectivity index (χ0n) is 11.6. The van der Waals surface area contributed by atoms with E-state index in [1.165, 1.54) is 13.0 Å². The average Bonchev–Trinajstić information content (AvgIpc) is 2.82. The summed E-state index contributed by atoms with van der Waals surface area (Å²) in [5.41, 5.74) is 0. The van der Waals surface area contributed by atoms with Gasteiger partial charge in [-0.25, -0.2) is 0 Å². The van der Waals surface area contributed by atoms with Gasteiger partial charge in [0.05, 0.1) is 12.3 Å². The van der Waals surface area contributed by atoms with E-state index in [9.17, 15) is 0 Å². The van der Waals surface area contributed by atoms with Gasteiger partial charge in [-0.2, -0.15) is 0 Å². The topological polar surface area (TPSA) is 28.4 Å². The minimum Gasteiger partial charge on any atom is -0.468 e. The number of likely N-dealkylation sites (N-methyl/N-ethyl adjacent to an activating group) is 1. The third kappa shape index (κ3) is 5.37. The van der Waals surface area contributed by atoms with Crippen molar-refractivity contribution in [1.29, 1.82) is 0 Å². The number of furan rings is 1. The molecule has 3 heteroatoms. The quantitative estimate of drug-likeness (QED) is 0.755. The zero-order chi connectivity index (χ0) is 12.7. The summed E-state index contributed by atoms with van der Waals surface area (Å²) in [5.74, 6) is 1.79. The molecule has 2 atom stereocenters. The van der Waals surface area contributed by atoms with Gasteiger partial charge in [0, 0.05) is 19.6 Å². The highest BCUT2D eigenvalue weighted by molar-refractivity contribution is 5.02. The van der Waals surface area contributed by atoms with Crippen LogP contribution in [0.3, 0.4) is 0 Å². The molecule has 0 saturated carbocycles. The number of hydrogen-bond donors (Lipinski definition) is 1. The molecule has 3 nitrogen and oxygen atoms in total. The molecule has 0 radical (unpaired) electrons. The molecule has 98 valence electrons. The predicted molar refractivity (Wildman–Crippen MR) is 72.1 cm³/mol. The Balaban J connectivity index is 2.15. The molecule has 0 saturated heterocycles. The molecule has 0 aliphatic heterocycles. The molecule has 17 heavy (non-hydrogen) atoms. The van der Waals surface area contributed by atoms with Crippen LogP contribution >= 0.6 is 0 Å². The molecular formula is C14H26N2O. The Morgan fingerprint density at radius 3 is 2.76 bits per heavy atom. The number of nitrogens with zero attached hydrogens (tertiary/aromatic N) is 1. The first kappa shape index (κ1) is 14.3. The van der Waals surface area contributed by atoms with Gasteiger partial charge < -0.3 is 14.6 Å². The van der Waals surface area contributed by atoms with Crippen molar-refractivity contribution in [2.24, 2.45) is 5.92 Å². The van der Waals surface area contributed by atoms with Gasteiger partial charge in [0.2, 0.25) is 0 Å². The van der Waals surface area contributed by atoms with Crippen LogP contribution in [-0.2, 0) is 0 Å². The molecule has 1 aromatic rings. The minimum atomic E-state index is 0.294. The molecule has 1 rings (SSSR count). The van der Waals surface area contributed by atoms with Crippen LogP contribution in [0.4, 0.5) is 0 Å². The molecule has 1 aromatic heterocycles. The van der Waals surface area contributed by atoms with E-state index in [0.717, 1.165) is 24.8 Å². The molecule has 0 aliphatic rings. The van der Waals surface area contributed by atoms with E-state index < -0.39 is 0 Å². The Kier molecular flexibility index (Phi) is 6.30. The van der Waals surface area contributed by atoms with E-state index in [1.807, 2.05) is 12.1 Å². The van der Waals surface area contributed by atoms with E-state index >= 15 is 0 Å². The van der Waals surface area contributed by atoms with Gasteiger partial charge in [-0.1, -0.05) is 20.3 Å². The molecule has 0 amide bonds. The van der Waals surface area contributed by atoms with Crippen molar-refractivity contribution in [3.63, 3.8) is 0 Å². The fraction of sp³-hybridized carbons (Fsp3) is 0.714. The van der Waals surface area contributed by atoms with Crippen molar-refractivity contribution in [3.8, 4) is 0 Å². The largest absolute Gasteiger partial charge is 0.468 e. The summed E-state index contributed by atoms with van der Waals surface area (Å²) in [6.45, 7) is 9.93. The van der Waals surface area contributed by atoms with Gasteiger partial charge in [0.25, 0.3) is 0 Å². The first-order valence-electron chi connectivity index (χ1n) is 6.58. The summed E-state index contributed by atoms with van der Waals surface area (Å²) >= 11 is 0. The summed E-state index contributed by atoms with van der Waals surface area (Å²) in [6.07, 6.45) is 2.98. The number of hydrogen-bond acceptors (Lipinski definition) is 3. The fourth-order valence-electron chi connectivity index (χ4n) is 1.86. The van der Waals surface area contributed by atoms with Crippen LogP contribution in [0.1, 0.15) is 39.0 Å². The van der Waals surface area contributed by atoms with E-state index in [0.29, 0.717) is 6.04 Å². The SMILES string of the molecule is CCC(C)CN(C)CCNC(C)c1ccco1. The number of rotatable bonds is 8. The molecule has 0 bridgehead atoms. The molecule has 0 spiro atoms. The second-order valence-corrected chi connectivity index (χ2v) is 4.97. The maximum Gasteiger partial charge on any atom is 0.120 e. The van der Waals surface area contributed by atoms with Gasteiger partial charge in [0.1, 0.15) is 5.76 Å². The highest BCUT2D eigenvalue weighted by Gasteiger charge is 2.08. The average molecular weight is 238 g/mol. The first-order chi connectivity index (χ1) is 8.13. The summed E-state index contributed by atoms with van der Waals surface area (Å²) < 4.78 is 5.36. The fourth-order valence-corrected chi connectivity index (χ4v) is 1.86. The monoisotopic (exact) mass is 238 g/mol. The van der Waals surface area contributed by atoms with Crippen LogP contribution in [0.2, 0.25) is 0 Å². The zero-order valence-corrected chi connectivity index (χ0v) is 11.6. The third-order valence-corrected chi connectivity index (χ3v) is 3.23. The van der Waals surface area contributed by atoms with Crippen molar-refractivity contribution >= 4 is 0 Å². The van der Waals surface area contributed by atoms with Crippen LogP contribution in [0, 0.1) is 5.92 Å². The van der Waals surface area contributed by atoms with Crippen molar-refractivity contribution in [1.82, 2.24) is 10.2 Å². The summed E-state index contributed by atoms with van der Waals surface area (Å²) in [6, 6.07) is 4.24. The third-order valence-electron chi connectivity index (χ3n) is 3.23. The maximum atomic E-state index is 5.36. The molecule has 0 fully saturated rings. The minimum absolute atomic E-state index is 0.294. The van der Waals surface area contributed by atoms with Crippen LogP contribution < -0.4 is 5.32 Å².